The van der Waals surface area contributed by atoms with E-state index in [9.17, 15) is 22.4 Å². The number of anilines is 1. The fourth-order valence-corrected chi connectivity index (χ4v) is 5.04. The second-order valence-corrected chi connectivity index (χ2v) is 11.0. The maximum Gasteiger partial charge on any atom is 0.244 e. The highest BCUT2D eigenvalue weighted by molar-refractivity contribution is 7.92. The van der Waals surface area contributed by atoms with E-state index >= 15 is 0 Å². The van der Waals surface area contributed by atoms with E-state index in [1.165, 1.54) is 36.2 Å². The summed E-state index contributed by atoms with van der Waals surface area (Å²) in [6.07, 6.45) is 1.14. The van der Waals surface area contributed by atoms with Crippen molar-refractivity contribution < 1.29 is 22.4 Å². The van der Waals surface area contributed by atoms with E-state index in [0.29, 0.717) is 10.6 Å². The summed E-state index contributed by atoms with van der Waals surface area (Å²) in [7, 11) is -2.48. The number of carbonyl (C=O) groups is 2. The number of carbonyl (C=O) groups excluding carboxylic acids is 2. The van der Waals surface area contributed by atoms with Crippen molar-refractivity contribution in [3.8, 4) is 0 Å². The number of aryl methyl sites for hydroxylation is 1. The van der Waals surface area contributed by atoms with Gasteiger partial charge < -0.3 is 10.2 Å². The van der Waals surface area contributed by atoms with Crippen LogP contribution in [0.15, 0.2) is 72.8 Å². The summed E-state index contributed by atoms with van der Waals surface area (Å²) >= 11 is 6.12. The van der Waals surface area contributed by atoms with Crippen molar-refractivity contribution in [3.63, 3.8) is 0 Å². The zero-order valence-electron chi connectivity index (χ0n) is 20.8. The Kier molecular flexibility index (Phi) is 9.29. The Hall–Kier alpha value is -3.43. The van der Waals surface area contributed by atoms with Crippen molar-refractivity contribution in [2.75, 3.05) is 24.2 Å². The Morgan fingerprint density at radius 2 is 1.68 bits per heavy atom. The van der Waals surface area contributed by atoms with Gasteiger partial charge in [0, 0.05) is 30.6 Å². The number of benzene rings is 3. The van der Waals surface area contributed by atoms with E-state index in [4.69, 9.17) is 11.6 Å². The second-order valence-electron chi connectivity index (χ2n) is 8.63. The lowest BCUT2D eigenvalue weighted by Gasteiger charge is -2.33. The lowest BCUT2D eigenvalue weighted by Crippen LogP contribution is -2.53. The summed E-state index contributed by atoms with van der Waals surface area (Å²) in [5, 5.41) is 2.88. The predicted molar refractivity (Wildman–Crippen MR) is 143 cm³/mol. The van der Waals surface area contributed by atoms with Crippen LogP contribution in [0.2, 0.25) is 5.02 Å². The van der Waals surface area contributed by atoms with Crippen molar-refractivity contribution in [2.45, 2.75) is 25.9 Å². The Morgan fingerprint density at radius 3 is 2.30 bits per heavy atom. The number of likely N-dealkylation sites (N-methyl/N-ethyl adjacent to an activating group) is 1. The minimum Gasteiger partial charge on any atom is -0.357 e. The molecule has 1 N–H and O–H groups in total. The van der Waals surface area contributed by atoms with Crippen molar-refractivity contribution in [2.24, 2.45) is 0 Å². The highest BCUT2D eigenvalue weighted by Gasteiger charge is 2.33. The van der Waals surface area contributed by atoms with Gasteiger partial charge in [-0.3, -0.25) is 13.9 Å². The number of halogens is 2. The summed E-state index contributed by atoms with van der Waals surface area (Å²) in [5.74, 6) is -1.67. The third-order valence-corrected chi connectivity index (χ3v) is 7.30. The molecule has 0 bridgehead atoms. The SMILES string of the molecule is CNC(=O)[C@H](Cc1ccccc1)N(Cc1ccccc1F)C(=O)CN(c1cc(Cl)ccc1C)S(C)(=O)=O. The maximum absolute atomic E-state index is 14.6. The molecule has 0 saturated carbocycles. The van der Waals surface area contributed by atoms with Gasteiger partial charge in [-0.2, -0.15) is 0 Å². The largest absolute Gasteiger partial charge is 0.357 e. The van der Waals surface area contributed by atoms with Crippen LogP contribution in [0, 0.1) is 12.7 Å². The third kappa shape index (κ3) is 7.30. The van der Waals surface area contributed by atoms with E-state index in [0.717, 1.165) is 16.1 Å². The molecule has 37 heavy (non-hydrogen) atoms. The number of hydrogen-bond acceptors (Lipinski definition) is 4. The number of amides is 2. The normalized spacial score (nSPS) is 12.0. The fraction of sp³-hybridized carbons (Fsp3) is 0.259. The first kappa shape index (κ1) is 28.1. The Balaban J connectivity index is 2.07. The summed E-state index contributed by atoms with van der Waals surface area (Å²) in [4.78, 5) is 28.1. The van der Waals surface area contributed by atoms with Gasteiger partial charge in [-0.05, 0) is 36.2 Å². The van der Waals surface area contributed by atoms with Crippen LogP contribution in [0.25, 0.3) is 0 Å². The number of nitrogens with zero attached hydrogens (tertiary/aromatic N) is 2. The zero-order valence-corrected chi connectivity index (χ0v) is 22.4. The van der Waals surface area contributed by atoms with Crippen molar-refractivity contribution in [1.82, 2.24) is 10.2 Å². The lowest BCUT2D eigenvalue weighted by atomic mass is 10.0. The van der Waals surface area contributed by atoms with Gasteiger partial charge in [-0.1, -0.05) is 66.2 Å². The first-order valence-electron chi connectivity index (χ1n) is 11.5. The molecule has 0 aliphatic carbocycles. The highest BCUT2D eigenvalue weighted by atomic mass is 35.5. The predicted octanol–water partition coefficient (Wildman–Crippen LogP) is 3.94. The quantitative estimate of drug-likeness (QED) is 0.418. The average molecular weight is 546 g/mol. The first-order valence-corrected chi connectivity index (χ1v) is 13.8. The molecule has 0 aliphatic rings. The molecule has 3 aromatic rings. The van der Waals surface area contributed by atoms with Crippen LogP contribution in [0.1, 0.15) is 16.7 Å². The van der Waals surface area contributed by atoms with Crippen LogP contribution in [0.4, 0.5) is 10.1 Å². The zero-order chi connectivity index (χ0) is 27.2. The van der Waals surface area contributed by atoms with Gasteiger partial charge in [0.2, 0.25) is 21.8 Å². The van der Waals surface area contributed by atoms with E-state index in [-0.39, 0.29) is 24.2 Å². The van der Waals surface area contributed by atoms with Crippen LogP contribution < -0.4 is 9.62 Å². The van der Waals surface area contributed by atoms with Gasteiger partial charge in [-0.15, -0.1) is 0 Å². The Morgan fingerprint density at radius 1 is 1.03 bits per heavy atom. The fourth-order valence-electron chi connectivity index (χ4n) is 3.98. The van der Waals surface area contributed by atoms with Crippen LogP contribution >= 0.6 is 11.6 Å². The van der Waals surface area contributed by atoms with E-state index in [1.54, 1.807) is 25.1 Å². The molecule has 3 aromatic carbocycles. The smallest absolute Gasteiger partial charge is 0.244 e. The Labute approximate surface area is 221 Å². The molecule has 7 nitrogen and oxygen atoms in total. The molecule has 0 fully saturated rings. The minimum atomic E-state index is -3.92. The topological polar surface area (TPSA) is 86.8 Å². The van der Waals surface area contributed by atoms with Gasteiger partial charge >= 0.3 is 0 Å². The molecule has 0 radical (unpaired) electrons. The first-order chi connectivity index (χ1) is 17.5. The molecule has 196 valence electrons. The molecule has 0 saturated heterocycles. The molecule has 0 spiro atoms. The molecule has 0 aliphatic heterocycles. The standard InChI is InChI=1S/C27H29ClFN3O4S/c1-19-13-14-22(28)16-24(19)32(37(3,35)36)18-26(33)31(17-21-11-7-8-12-23(21)29)25(27(34)30-2)15-20-9-5-4-6-10-20/h4-14,16,25H,15,17-18H2,1-3H3,(H,30,34)/t25-/m0/s1. The molecule has 0 aromatic heterocycles. The summed E-state index contributed by atoms with van der Waals surface area (Å²) < 4.78 is 41.2. The number of rotatable bonds is 10. The number of hydrogen-bond donors (Lipinski definition) is 1. The number of sulfonamides is 1. The van der Waals surface area contributed by atoms with Gasteiger partial charge in [0.25, 0.3) is 0 Å². The van der Waals surface area contributed by atoms with E-state index in [2.05, 4.69) is 5.32 Å². The van der Waals surface area contributed by atoms with Crippen LogP contribution in [0.3, 0.4) is 0 Å². The highest BCUT2D eigenvalue weighted by Crippen LogP contribution is 2.27. The third-order valence-electron chi connectivity index (χ3n) is 5.94. The van der Waals surface area contributed by atoms with Gasteiger partial charge in [-0.25, -0.2) is 12.8 Å². The van der Waals surface area contributed by atoms with Gasteiger partial charge in [0.05, 0.1) is 11.9 Å². The molecule has 1 atom stereocenters. The van der Waals surface area contributed by atoms with E-state index in [1.807, 2.05) is 30.3 Å². The monoisotopic (exact) mass is 545 g/mol. The van der Waals surface area contributed by atoms with Crippen molar-refractivity contribution in [3.05, 3.63) is 100 Å². The molecule has 3 rings (SSSR count). The lowest BCUT2D eigenvalue weighted by molar-refractivity contribution is -0.139. The molecular weight excluding hydrogens is 517 g/mol. The molecule has 2 amide bonds. The van der Waals surface area contributed by atoms with Crippen LogP contribution in [0.5, 0.6) is 0 Å². The summed E-state index contributed by atoms with van der Waals surface area (Å²) in [5.41, 5.74) is 1.82. The van der Waals surface area contributed by atoms with Gasteiger partial charge in [0.1, 0.15) is 18.4 Å². The molecular formula is C27H29ClFN3O4S. The second kappa shape index (κ2) is 12.2. The molecule has 0 unspecified atom stereocenters. The molecule has 10 heteroatoms. The molecule has 0 heterocycles. The van der Waals surface area contributed by atoms with Gasteiger partial charge in [0.15, 0.2) is 0 Å². The minimum absolute atomic E-state index is 0.149. The average Bonchev–Trinajstić information content (AvgIpc) is 2.86. The summed E-state index contributed by atoms with van der Waals surface area (Å²) in [6.45, 7) is 0.869. The van der Waals surface area contributed by atoms with Crippen molar-refractivity contribution in [1.29, 1.82) is 0 Å². The number of nitrogens with one attached hydrogen (secondary N) is 1. The maximum atomic E-state index is 14.6. The van der Waals surface area contributed by atoms with Crippen LogP contribution in [-0.4, -0.2) is 51.0 Å². The Bertz CT molecular complexity index is 1370. The van der Waals surface area contributed by atoms with Crippen molar-refractivity contribution >= 4 is 39.1 Å². The van der Waals surface area contributed by atoms with E-state index < -0.39 is 40.2 Å². The van der Waals surface area contributed by atoms with Crippen LogP contribution in [-0.2, 0) is 32.6 Å². The summed E-state index contributed by atoms with van der Waals surface area (Å²) in [6, 6.07) is 18.8.